The zero-order valence-electron chi connectivity index (χ0n) is 18.9. The van der Waals surface area contributed by atoms with Gasteiger partial charge in [0.15, 0.2) is 5.65 Å². The third kappa shape index (κ3) is 4.27. The van der Waals surface area contributed by atoms with Crippen LogP contribution in [0.5, 0.6) is 0 Å². The van der Waals surface area contributed by atoms with Gasteiger partial charge in [0.2, 0.25) is 0 Å². The van der Waals surface area contributed by atoms with Gasteiger partial charge < -0.3 is 11.5 Å². The topological polar surface area (TPSA) is 115 Å². The summed E-state index contributed by atoms with van der Waals surface area (Å²) in [5.41, 5.74) is 16.4. The van der Waals surface area contributed by atoms with Crippen molar-refractivity contribution < 1.29 is 8.78 Å². The smallest absolute Gasteiger partial charge is 0.160 e. The molecule has 0 aliphatic heterocycles. The summed E-state index contributed by atoms with van der Waals surface area (Å²) in [5, 5.41) is 8.42. The summed E-state index contributed by atoms with van der Waals surface area (Å²) < 4.78 is 28.5. The third-order valence-electron chi connectivity index (χ3n) is 5.82. The van der Waals surface area contributed by atoms with Crippen LogP contribution < -0.4 is 11.5 Å². The number of fused-ring (bicyclic) bond motifs is 1. The zero-order valence-corrected chi connectivity index (χ0v) is 18.9. The molecule has 0 aliphatic carbocycles. The minimum Gasteiger partial charge on any atom is -0.404 e. The van der Waals surface area contributed by atoms with Crippen molar-refractivity contribution in [2.75, 3.05) is 0 Å². The number of amidine groups is 1. The highest BCUT2D eigenvalue weighted by molar-refractivity contribution is 6.20. The monoisotopic (exact) mass is 478 g/mol. The summed E-state index contributed by atoms with van der Waals surface area (Å²) in [7, 11) is 0. The van der Waals surface area contributed by atoms with Crippen molar-refractivity contribution in [1.29, 1.82) is 5.41 Å². The van der Waals surface area contributed by atoms with E-state index < -0.39 is 11.6 Å². The van der Waals surface area contributed by atoms with Gasteiger partial charge in [0.25, 0.3) is 0 Å². The molecule has 5 aromatic rings. The molecule has 0 saturated carbocycles. The second kappa shape index (κ2) is 9.34. The fourth-order valence-corrected chi connectivity index (χ4v) is 4.06. The van der Waals surface area contributed by atoms with Crippen LogP contribution in [0.25, 0.3) is 50.1 Å². The third-order valence-corrected chi connectivity index (χ3v) is 5.82. The van der Waals surface area contributed by atoms with Crippen molar-refractivity contribution in [3.8, 4) is 33.5 Å². The van der Waals surface area contributed by atoms with Crippen LogP contribution >= 0.6 is 0 Å². The number of aromatic nitrogens is 3. The Labute approximate surface area is 205 Å². The molecule has 0 saturated heterocycles. The molecule has 0 aliphatic rings. The maximum absolute atomic E-state index is 14.6. The fraction of sp³-hybridized carbons (Fsp3) is 0. The Morgan fingerprint density at radius 1 is 0.861 bits per heavy atom. The molecule has 0 unspecified atom stereocenters. The SMILES string of the molecule is N=C(N)C(=CN)c1ccc(-c2cncc(-c3cc(-c4cc(F)ccc4F)nc4ncccc34)c2)cc1. The number of nitrogens with two attached hydrogens (primary N) is 2. The maximum atomic E-state index is 14.6. The van der Waals surface area contributed by atoms with Crippen molar-refractivity contribution >= 4 is 22.4 Å². The van der Waals surface area contributed by atoms with E-state index >= 15 is 0 Å². The van der Waals surface area contributed by atoms with E-state index in [1.165, 1.54) is 6.20 Å². The number of rotatable bonds is 5. The van der Waals surface area contributed by atoms with Crippen molar-refractivity contribution in [3.63, 3.8) is 0 Å². The van der Waals surface area contributed by atoms with Crippen LogP contribution in [0.4, 0.5) is 8.78 Å². The highest BCUT2D eigenvalue weighted by Gasteiger charge is 2.15. The quantitative estimate of drug-likeness (QED) is 0.227. The molecular weight excluding hydrogens is 458 g/mol. The van der Waals surface area contributed by atoms with E-state index in [1.807, 2.05) is 36.4 Å². The van der Waals surface area contributed by atoms with Crippen LogP contribution in [0.15, 0.2) is 91.5 Å². The summed E-state index contributed by atoms with van der Waals surface area (Å²) in [5.74, 6) is -1.24. The Bertz CT molecular complexity index is 1640. The lowest BCUT2D eigenvalue weighted by molar-refractivity contribution is 0.602. The molecule has 0 amide bonds. The van der Waals surface area contributed by atoms with Gasteiger partial charge in [-0.05, 0) is 59.2 Å². The molecule has 3 heterocycles. The lowest BCUT2D eigenvalue weighted by Gasteiger charge is -2.12. The van der Waals surface area contributed by atoms with E-state index in [1.54, 1.807) is 30.7 Å². The van der Waals surface area contributed by atoms with Gasteiger partial charge in [-0.25, -0.2) is 18.7 Å². The normalized spacial score (nSPS) is 11.6. The highest BCUT2D eigenvalue weighted by Crippen LogP contribution is 2.34. The molecule has 5 N–H and O–H groups in total. The Morgan fingerprint density at radius 2 is 1.64 bits per heavy atom. The number of hydrogen-bond donors (Lipinski definition) is 3. The largest absolute Gasteiger partial charge is 0.404 e. The highest BCUT2D eigenvalue weighted by atomic mass is 19.1. The van der Waals surface area contributed by atoms with Crippen molar-refractivity contribution in [1.82, 2.24) is 15.0 Å². The molecule has 0 atom stereocenters. The fourth-order valence-electron chi connectivity index (χ4n) is 4.06. The summed E-state index contributed by atoms with van der Waals surface area (Å²) in [6.07, 6.45) is 6.35. The number of nitrogens with zero attached hydrogens (tertiary/aromatic N) is 3. The average molecular weight is 479 g/mol. The molecule has 2 aromatic carbocycles. The minimum atomic E-state index is -0.575. The minimum absolute atomic E-state index is 0.0535. The van der Waals surface area contributed by atoms with Crippen molar-refractivity contribution in [3.05, 3.63) is 109 Å². The first-order chi connectivity index (χ1) is 17.4. The van der Waals surface area contributed by atoms with E-state index in [0.29, 0.717) is 11.2 Å². The molecule has 6 nitrogen and oxygen atoms in total. The summed E-state index contributed by atoms with van der Waals surface area (Å²) in [4.78, 5) is 13.2. The predicted octanol–water partition coefficient (Wildman–Crippen LogP) is 5.54. The van der Waals surface area contributed by atoms with Gasteiger partial charge in [0.1, 0.15) is 17.5 Å². The summed E-state index contributed by atoms with van der Waals surface area (Å²) >= 11 is 0. The Hall–Kier alpha value is -4.98. The standard InChI is InChI=1S/C28H20F2N6/c29-20-7-8-25(30)23(11-20)26-12-22(21-2-1-9-35-28(21)36-26)19-10-18(14-34-15-19)16-3-5-17(6-4-16)24(13-31)27(32)33/h1-15H,31H2,(H3,32,33). The van der Waals surface area contributed by atoms with E-state index in [9.17, 15) is 8.78 Å². The van der Waals surface area contributed by atoms with Crippen LogP contribution in [-0.2, 0) is 0 Å². The molecule has 5 rings (SSSR count). The molecule has 0 spiro atoms. The average Bonchev–Trinajstić information content (AvgIpc) is 2.90. The molecule has 0 radical (unpaired) electrons. The van der Waals surface area contributed by atoms with Crippen molar-refractivity contribution in [2.24, 2.45) is 11.5 Å². The van der Waals surface area contributed by atoms with Gasteiger partial charge in [-0.15, -0.1) is 0 Å². The van der Waals surface area contributed by atoms with Gasteiger partial charge in [-0.2, -0.15) is 0 Å². The van der Waals surface area contributed by atoms with Crippen LogP contribution in [0.2, 0.25) is 0 Å². The number of pyridine rings is 3. The number of benzene rings is 2. The first kappa shape index (κ1) is 22.8. The second-order valence-corrected chi connectivity index (χ2v) is 8.09. The van der Waals surface area contributed by atoms with Crippen LogP contribution in [0.1, 0.15) is 5.56 Å². The maximum Gasteiger partial charge on any atom is 0.160 e. The van der Waals surface area contributed by atoms with Gasteiger partial charge in [-0.1, -0.05) is 24.3 Å². The second-order valence-electron chi connectivity index (χ2n) is 8.09. The molecule has 36 heavy (non-hydrogen) atoms. The molecule has 3 aromatic heterocycles. The number of hydrogen-bond acceptors (Lipinski definition) is 5. The van der Waals surface area contributed by atoms with Gasteiger partial charge in [0.05, 0.1) is 5.69 Å². The Morgan fingerprint density at radius 3 is 2.39 bits per heavy atom. The number of halogens is 2. The van der Waals surface area contributed by atoms with Gasteiger partial charge in [0, 0.05) is 52.4 Å². The predicted molar refractivity (Wildman–Crippen MR) is 138 cm³/mol. The van der Waals surface area contributed by atoms with E-state index in [4.69, 9.17) is 16.9 Å². The van der Waals surface area contributed by atoms with Crippen LogP contribution in [-0.4, -0.2) is 20.8 Å². The lowest BCUT2D eigenvalue weighted by atomic mass is 9.97. The molecule has 0 bridgehead atoms. The van der Waals surface area contributed by atoms with Gasteiger partial charge in [-0.3, -0.25) is 10.4 Å². The first-order valence-corrected chi connectivity index (χ1v) is 11.0. The van der Waals surface area contributed by atoms with Crippen LogP contribution in [0, 0.1) is 17.0 Å². The van der Waals surface area contributed by atoms with E-state index in [-0.39, 0.29) is 17.1 Å². The van der Waals surface area contributed by atoms with Crippen molar-refractivity contribution in [2.45, 2.75) is 0 Å². The number of nitrogens with one attached hydrogen (secondary N) is 1. The molecule has 176 valence electrons. The lowest BCUT2D eigenvalue weighted by Crippen LogP contribution is -2.13. The zero-order chi connectivity index (χ0) is 25.2. The first-order valence-electron chi connectivity index (χ1n) is 11.0. The Kier molecular flexibility index (Phi) is 5.92. The molecule has 0 fully saturated rings. The van der Waals surface area contributed by atoms with Gasteiger partial charge >= 0.3 is 0 Å². The van der Waals surface area contributed by atoms with Crippen LogP contribution in [0.3, 0.4) is 0 Å². The summed E-state index contributed by atoms with van der Waals surface area (Å²) in [6, 6.07) is 18.1. The summed E-state index contributed by atoms with van der Waals surface area (Å²) in [6.45, 7) is 0. The molecule has 8 heteroatoms. The van der Waals surface area contributed by atoms with E-state index in [0.717, 1.165) is 51.4 Å². The Balaban J connectivity index is 1.62. The van der Waals surface area contributed by atoms with E-state index in [2.05, 4.69) is 15.0 Å². The molecular formula is C28H20F2N6.